The summed E-state index contributed by atoms with van der Waals surface area (Å²) in [6, 6.07) is 11.4. The van der Waals surface area contributed by atoms with E-state index in [-0.39, 0.29) is 11.7 Å². The monoisotopic (exact) mass is 399 g/mol. The zero-order chi connectivity index (χ0) is 20.1. The van der Waals surface area contributed by atoms with Crippen LogP contribution in [0.4, 0.5) is 11.4 Å². The number of furan rings is 1. The number of nitrogens with one attached hydrogen (secondary N) is 1. The quantitative estimate of drug-likeness (QED) is 0.577. The molecule has 8 heteroatoms. The average Bonchev–Trinajstić information content (AvgIpc) is 3.30. The Morgan fingerprint density at radius 3 is 2.57 bits per heavy atom. The van der Waals surface area contributed by atoms with Gasteiger partial charge in [-0.25, -0.2) is 0 Å². The normalized spacial score (nSPS) is 11.0. The van der Waals surface area contributed by atoms with Gasteiger partial charge in [0.25, 0.3) is 0 Å². The van der Waals surface area contributed by atoms with Crippen LogP contribution in [0.15, 0.2) is 52.2 Å². The molecule has 0 atom stereocenters. The Kier molecular flexibility index (Phi) is 6.41. The van der Waals surface area contributed by atoms with Crippen LogP contribution in [-0.2, 0) is 11.3 Å². The molecule has 0 aliphatic carbocycles. The third-order valence-electron chi connectivity index (χ3n) is 4.01. The van der Waals surface area contributed by atoms with E-state index in [1.165, 1.54) is 11.8 Å². The zero-order valence-electron chi connectivity index (χ0n) is 16.5. The van der Waals surface area contributed by atoms with Gasteiger partial charge in [-0.15, -0.1) is 10.2 Å². The average molecular weight is 400 g/mol. The van der Waals surface area contributed by atoms with Crippen molar-refractivity contribution in [2.75, 3.05) is 30.1 Å². The molecule has 1 amide bonds. The SMILES string of the molecule is CC(C)Cn1c(SCC(=O)Nc2ccc(N(C)C)cc2)nnc1-c1ccco1. The third kappa shape index (κ3) is 4.95. The van der Waals surface area contributed by atoms with Crippen LogP contribution in [0.2, 0.25) is 0 Å². The van der Waals surface area contributed by atoms with Gasteiger partial charge in [0.15, 0.2) is 16.7 Å². The molecule has 0 unspecified atom stereocenters. The van der Waals surface area contributed by atoms with E-state index in [1.54, 1.807) is 6.26 Å². The summed E-state index contributed by atoms with van der Waals surface area (Å²) in [5, 5.41) is 12.2. The van der Waals surface area contributed by atoms with E-state index >= 15 is 0 Å². The minimum absolute atomic E-state index is 0.0822. The van der Waals surface area contributed by atoms with E-state index in [9.17, 15) is 4.79 Å². The first-order valence-corrected chi connectivity index (χ1v) is 10.1. The summed E-state index contributed by atoms with van der Waals surface area (Å²) < 4.78 is 7.48. The highest BCUT2D eigenvalue weighted by atomic mass is 32.2. The number of carbonyl (C=O) groups excluding carboxylic acids is 1. The van der Waals surface area contributed by atoms with Crippen molar-refractivity contribution in [2.45, 2.75) is 25.5 Å². The maximum Gasteiger partial charge on any atom is 0.234 e. The van der Waals surface area contributed by atoms with E-state index in [0.29, 0.717) is 22.7 Å². The number of aromatic nitrogens is 3. The number of benzene rings is 1. The van der Waals surface area contributed by atoms with Crippen LogP contribution in [0.1, 0.15) is 13.8 Å². The number of anilines is 2. The maximum absolute atomic E-state index is 12.4. The first kappa shape index (κ1) is 20.0. The maximum atomic E-state index is 12.4. The molecular formula is C20H25N5O2S. The van der Waals surface area contributed by atoms with Gasteiger partial charge in [0.2, 0.25) is 5.91 Å². The number of nitrogens with zero attached hydrogens (tertiary/aromatic N) is 4. The fourth-order valence-corrected chi connectivity index (χ4v) is 3.43. The van der Waals surface area contributed by atoms with Crippen LogP contribution >= 0.6 is 11.8 Å². The molecule has 0 saturated heterocycles. The van der Waals surface area contributed by atoms with Crippen molar-refractivity contribution in [3.05, 3.63) is 42.7 Å². The van der Waals surface area contributed by atoms with Crippen molar-refractivity contribution in [3.8, 4) is 11.6 Å². The molecule has 0 spiro atoms. The molecule has 2 aromatic heterocycles. The second kappa shape index (κ2) is 8.97. The highest BCUT2D eigenvalue weighted by Crippen LogP contribution is 2.25. The summed E-state index contributed by atoms with van der Waals surface area (Å²) in [5.74, 6) is 1.93. The summed E-state index contributed by atoms with van der Waals surface area (Å²) in [6.45, 7) is 5.01. The molecule has 3 aromatic rings. The zero-order valence-corrected chi connectivity index (χ0v) is 17.4. The van der Waals surface area contributed by atoms with Crippen LogP contribution in [0, 0.1) is 5.92 Å². The smallest absolute Gasteiger partial charge is 0.234 e. The summed E-state index contributed by atoms with van der Waals surface area (Å²) in [4.78, 5) is 14.4. The predicted octanol–water partition coefficient (Wildman–Crippen LogP) is 3.99. The lowest BCUT2D eigenvalue weighted by Gasteiger charge is -2.13. The largest absolute Gasteiger partial charge is 0.461 e. The minimum Gasteiger partial charge on any atom is -0.461 e. The Hall–Kier alpha value is -2.74. The molecule has 148 valence electrons. The number of hydrogen-bond donors (Lipinski definition) is 1. The molecule has 0 aliphatic heterocycles. The number of rotatable bonds is 8. The lowest BCUT2D eigenvalue weighted by Crippen LogP contribution is -2.15. The van der Waals surface area contributed by atoms with Crippen LogP contribution in [0.5, 0.6) is 0 Å². The van der Waals surface area contributed by atoms with Crippen LogP contribution in [0.25, 0.3) is 11.6 Å². The number of thioether (sulfide) groups is 1. The molecule has 1 aromatic carbocycles. The van der Waals surface area contributed by atoms with Gasteiger partial charge in [0, 0.05) is 32.0 Å². The molecule has 1 N–H and O–H groups in total. The number of carbonyl (C=O) groups is 1. The van der Waals surface area contributed by atoms with Crippen molar-refractivity contribution < 1.29 is 9.21 Å². The van der Waals surface area contributed by atoms with E-state index < -0.39 is 0 Å². The van der Waals surface area contributed by atoms with Crippen LogP contribution in [-0.4, -0.2) is 40.5 Å². The van der Waals surface area contributed by atoms with Gasteiger partial charge in [0.1, 0.15) is 0 Å². The van der Waals surface area contributed by atoms with Crippen molar-refractivity contribution in [1.82, 2.24) is 14.8 Å². The lowest BCUT2D eigenvalue weighted by molar-refractivity contribution is -0.113. The highest BCUT2D eigenvalue weighted by Gasteiger charge is 2.18. The molecule has 0 bridgehead atoms. The second-order valence-electron chi connectivity index (χ2n) is 7.07. The van der Waals surface area contributed by atoms with Gasteiger partial charge in [-0.05, 0) is 42.3 Å². The first-order chi connectivity index (χ1) is 13.4. The molecule has 0 radical (unpaired) electrons. The van der Waals surface area contributed by atoms with Gasteiger partial charge >= 0.3 is 0 Å². The molecule has 3 rings (SSSR count). The predicted molar refractivity (Wildman–Crippen MR) is 113 cm³/mol. The van der Waals surface area contributed by atoms with E-state index in [1.807, 2.05) is 60.0 Å². The van der Waals surface area contributed by atoms with Gasteiger partial charge in [-0.1, -0.05) is 25.6 Å². The lowest BCUT2D eigenvalue weighted by atomic mass is 10.2. The highest BCUT2D eigenvalue weighted by molar-refractivity contribution is 7.99. The minimum atomic E-state index is -0.0822. The summed E-state index contributed by atoms with van der Waals surface area (Å²) in [7, 11) is 3.96. The Morgan fingerprint density at radius 2 is 1.96 bits per heavy atom. The Bertz CT molecular complexity index is 901. The van der Waals surface area contributed by atoms with E-state index in [2.05, 4.69) is 29.4 Å². The Morgan fingerprint density at radius 1 is 1.21 bits per heavy atom. The summed E-state index contributed by atoms with van der Waals surface area (Å²) in [5.41, 5.74) is 1.86. The topological polar surface area (TPSA) is 76.2 Å². The standard InChI is InChI=1S/C20H25N5O2S/c1-14(2)12-25-19(17-6-5-11-27-17)22-23-20(25)28-13-18(26)21-15-7-9-16(10-8-15)24(3)4/h5-11,14H,12-13H2,1-4H3,(H,21,26). The fourth-order valence-electron chi connectivity index (χ4n) is 2.68. The Labute approximate surface area is 169 Å². The van der Waals surface area contributed by atoms with E-state index in [4.69, 9.17) is 4.42 Å². The molecule has 0 aliphatic rings. The first-order valence-electron chi connectivity index (χ1n) is 9.11. The van der Waals surface area contributed by atoms with Crippen molar-refractivity contribution in [1.29, 1.82) is 0 Å². The summed E-state index contributed by atoms with van der Waals surface area (Å²) >= 11 is 1.37. The van der Waals surface area contributed by atoms with Crippen molar-refractivity contribution in [2.24, 2.45) is 5.92 Å². The number of hydrogen-bond acceptors (Lipinski definition) is 6. The van der Waals surface area contributed by atoms with Gasteiger partial charge in [-0.3, -0.25) is 9.36 Å². The third-order valence-corrected chi connectivity index (χ3v) is 4.97. The van der Waals surface area contributed by atoms with Crippen LogP contribution < -0.4 is 10.2 Å². The van der Waals surface area contributed by atoms with Crippen LogP contribution in [0.3, 0.4) is 0 Å². The molecular weight excluding hydrogens is 374 g/mol. The Balaban J connectivity index is 1.65. The van der Waals surface area contributed by atoms with Gasteiger partial charge < -0.3 is 14.6 Å². The molecule has 28 heavy (non-hydrogen) atoms. The van der Waals surface area contributed by atoms with Gasteiger partial charge in [-0.2, -0.15) is 0 Å². The molecule has 0 saturated carbocycles. The van der Waals surface area contributed by atoms with Gasteiger partial charge in [0.05, 0.1) is 12.0 Å². The van der Waals surface area contributed by atoms with Crippen molar-refractivity contribution in [3.63, 3.8) is 0 Å². The van der Waals surface area contributed by atoms with E-state index in [0.717, 1.165) is 17.9 Å². The second-order valence-corrected chi connectivity index (χ2v) is 8.01. The summed E-state index contributed by atoms with van der Waals surface area (Å²) in [6.07, 6.45) is 1.62. The fraction of sp³-hybridized carbons (Fsp3) is 0.350. The molecule has 7 nitrogen and oxygen atoms in total. The molecule has 0 fully saturated rings. The number of amides is 1. The molecule has 2 heterocycles. The van der Waals surface area contributed by atoms with Crippen molar-refractivity contribution >= 4 is 29.0 Å².